The second-order valence-corrected chi connectivity index (χ2v) is 16.4. The molecule has 3 amide bonds. The minimum atomic E-state index is -0.966. The number of nitrogens with zero attached hydrogens (tertiary/aromatic N) is 9. The Labute approximate surface area is 347 Å². The van der Waals surface area contributed by atoms with Gasteiger partial charge in [0.05, 0.1) is 41.7 Å². The van der Waals surface area contributed by atoms with Crippen LogP contribution in [0.5, 0.6) is 0 Å². The van der Waals surface area contributed by atoms with Crippen LogP contribution in [0.15, 0.2) is 53.4 Å². The average Bonchev–Trinajstić information content (AvgIpc) is 4.08. The van der Waals surface area contributed by atoms with Crippen LogP contribution < -0.4 is 20.9 Å². The number of carbonyl (C=O) groups excluding carboxylic acids is 2. The van der Waals surface area contributed by atoms with Crippen molar-refractivity contribution >= 4 is 34.6 Å². The summed E-state index contributed by atoms with van der Waals surface area (Å²) >= 11 is 0. The Balaban J connectivity index is 0.717. The first-order chi connectivity index (χ1) is 29.2. The van der Waals surface area contributed by atoms with Crippen molar-refractivity contribution in [2.75, 3.05) is 41.7 Å². The third-order valence-corrected chi connectivity index (χ3v) is 12.4. The molecule has 4 aliphatic rings. The van der Waals surface area contributed by atoms with E-state index in [2.05, 4.69) is 57.0 Å². The second-order valence-electron chi connectivity index (χ2n) is 16.4. The Kier molecular flexibility index (Phi) is 11.5. The molecule has 60 heavy (non-hydrogen) atoms. The minimum Gasteiger partial charge on any atom is -0.379 e. The zero-order valence-corrected chi connectivity index (χ0v) is 33.7. The van der Waals surface area contributed by atoms with Crippen LogP contribution in [0.3, 0.4) is 0 Å². The van der Waals surface area contributed by atoms with E-state index in [1.807, 2.05) is 35.7 Å². The number of unbranched alkanes of at least 4 members (excludes halogenated alkanes) is 1. The first kappa shape index (κ1) is 39.9. The third kappa shape index (κ3) is 8.29. The Morgan fingerprint density at radius 1 is 1.00 bits per heavy atom. The van der Waals surface area contributed by atoms with Crippen LogP contribution in [0.2, 0.25) is 0 Å². The number of piperazine rings is 1. The Hall–Kier alpha value is -5.53. The van der Waals surface area contributed by atoms with E-state index in [0.717, 1.165) is 79.8 Å². The van der Waals surface area contributed by atoms with Crippen molar-refractivity contribution in [2.45, 2.75) is 108 Å². The van der Waals surface area contributed by atoms with Crippen LogP contribution in [0, 0.1) is 6.92 Å². The smallest absolute Gasteiger partial charge is 0.323 e. The van der Waals surface area contributed by atoms with E-state index in [-0.39, 0.29) is 11.9 Å². The van der Waals surface area contributed by atoms with Crippen molar-refractivity contribution in [3.63, 3.8) is 0 Å². The van der Waals surface area contributed by atoms with Crippen molar-refractivity contribution in [3.8, 4) is 11.5 Å². The van der Waals surface area contributed by atoms with Crippen molar-refractivity contribution < 1.29 is 29.4 Å². The zero-order valence-electron chi connectivity index (χ0n) is 33.7. The van der Waals surface area contributed by atoms with Crippen LogP contribution in [0.4, 0.5) is 21.9 Å². The predicted molar refractivity (Wildman–Crippen MR) is 221 cm³/mol. The van der Waals surface area contributed by atoms with Crippen LogP contribution in [0.25, 0.3) is 17.2 Å². The number of carbonyl (C=O) groups is 2. The number of piperidine rings is 1. The normalized spacial score (nSPS) is 21.8. The lowest BCUT2D eigenvalue weighted by Gasteiger charge is -2.38. The molecule has 0 bridgehead atoms. The van der Waals surface area contributed by atoms with E-state index in [1.54, 1.807) is 23.5 Å². The summed E-state index contributed by atoms with van der Waals surface area (Å²) in [6.07, 6.45) is 10.9. The van der Waals surface area contributed by atoms with E-state index in [0.29, 0.717) is 85.6 Å². The average molecular weight is 821 g/mol. The SMILES string of the molecule is Cc1cc(NC(=O)Nc2cnc3ccnn3c2C2CCCC2)cnc1-c1noc(CCCCC(O)N2CCN(c3ccc4c(c3)CN(C3CCC(O)NC3O)C4=O)CC2)n1. The number of anilines is 3. The molecule has 6 N–H and O–H groups in total. The number of hydrogen-bond donors (Lipinski definition) is 6. The monoisotopic (exact) mass is 820 g/mol. The summed E-state index contributed by atoms with van der Waals surface area (Å²) in [6.45, 7) is 5.24. The fourth-order valence-electron chi connectivity index (χ4n) is 9.26. The van der Waals surface area contributed by atoms with Gasteiger partial charge in [-0.05, 0) is 87.3 Å². The number of fused-ring (bicyclic) bond motifs is 2. The quantitative estimate of drug-likeness (QED) is 0.0981. The number of hydrogen-bond acceptors (Lipinski definition) is 14. The van der Waals surface area contributed by atoms with Gasteiger partial charge in [-0.2, -0.15) is 10.1 Å². The molecule has 1 aromatic carbocycles. The molecule has 3 fully saturated rings. The van der Waals surface area contributed by atoms with Gasteiger partial charge in [-0.3, -0.25) is 20.0 Å². The summed E-state index contributed by atoms with van der Waals surface area (Å²) in [5.41, 5.74) is 6.89. The highest BCUT2D eigenvalue weighted by atomic mass is 16.5. The molecule has 4 unspecified atom stereocenters. The minimum absolute atomic E-state index is 0.0901. The van der Waals surface area contributed by atoms with Crippen LogP contribution >= 0.6 is 0 Å². The molecule has 1 aliphatic carbocycles. The van der Waals surface area contributed by atoms with E-state index < -0.39 is 24.7 Å². The molecule has 9 rings (SSSR count). The second kappa shape index (κ2) is 17.2. The first-order valence-electron chi connectivity index (χ1n) is 21.1. The number of benzene rings is 1. The molecular formula is C42H52N12O6. The largest absolute Gasteiger partial charge is 0.379 e. The Morgan fingerprint density at radius 2 is 1.83 bits per heavy atom. The summed E-state index contributed by atoms with van der Waals surface area (Å²) in [5.74, 6) is 1.10. The van der Waals surface area contributed by atoms with Gasteiger partial charge in [-0.25, -0.2) is 14.3 Å². The zero-order chi connectivity index (χ0) is 41.3. The van der Waals surface area contributed by atoms with Crippen LogP contribution in [-0.2, 0) is 13.0 Å². The lowest BCUT2D eigenvalue weighted by Crippen LogP contribution is -2.56. The van der Waals surface area contributed by atoms with Gasteiger partial charge in [0.2, 0.25) is 11.7 Å². The molecule has 4 aromatic heterocycles. The maximum absolute atomic E-state index is 13.2. The maximum atomic E-state index is 13.2. The molecule has 2 saturated heterocycles. The molecule has 1 saturated carbocycles. The molecule has 18 nitrogen and oxygen atoms in total. The van der Waals surface area contributed by atoms with E-state index in [4.69, 9.17) is 4.52 Å². The maximum Gasteiger partial charge on any atom is 0.323 e. The van der Waals surface area contributed by atoms with Gasteiger partial charge in [0.15, 0.2) is 5.65 Å². The van der Waals surface area contributed by atoms with Gasteiger partial charge < -0.3 is 40.3 Å². The lowest BCUT2D eigenvalue weighted by molar-refractivity contribution is -0.0477. The standard InChI is InChI=1S/C42H52N12O6/c1-25-20-28(46-42(59)47-31-23-43-33-14-15-45-54(33)38(31)26-6-2-3-7-26)22-44-37(25)39-49-35(60-50-39)8-4-5-9-36(56)52-18-16-51(17-19-52)29-10-11-30-27(21-29)24-53(41(30)58)32-12-13-34(55)48-40(32)57/h10-11,14-15,20-23,26,32,34,36,40,48,55-57H,2-9,12-13,16-19,24H2,1H3,(H2,46,47,59). The van der Waals surface area contributed by atoms with Gasteiger partial charge in [0, 0.05) is 62.4 Å². The van der Waals surface area contributed by atoms with Crippen molar-refractivity contribution in [1.29, 1.82) is 0 Å². The molecule has 316 valence electrons. The number of amides is 3. The summed E-state index contributed by atoms with van der Waals surface area (Å²) in [5, 5.41) is 48.5. The van der Waals surface area contributed by atoms with Gasteiger partial charge in [0.1, 0.15) is 24.4 Å². The number of aryl methyl sites for hydroxylation is 2. The first-order valence-corrected chi connectivity index (χ1v) is 21.1. The van der Waals surface area contributed by atoms with Crippen LogP contribution in [-0.4, -0.2) is 118 Å². The van der Waals surface area contributed by atoms with E-state index in [1.165, 1.54) is 0 Å². The highest BCUT2D eigenvalue weighted by molar-refractivity contribution is 6.00. The Morgan fingerprint density at radius 3 is 2.63 bits per heavy atom. The molecule has 4 atom stereocenters. The molecular weight excluding hydrogens is 769 g/mol. The highest BCUT2D eigenvalue weighted by Gasteiger charge is 2.39. The number of nitrogens with one attached hydrogen (secondary N) is 3. The number of rotatable bonds is 12. The number of pyridine rings is 1. The fraction of sp³-hybridized carbons (Fsp3) is 0.500. The number of urea groups is 1. The summed E-state index contributed by atoms with van der Waals surface area (Å²) in [4.78, 5) is 46.0. The lowest BCUT2D eigenvalue weighted by atomic mass is 10.0. The fourth-order valence-corrected chi connectivity index (χ4v) is 9.26. The molecule has 5 aromatic rings. The molecule has 3 aliphatic heterocycles. The van der Waals surface area contributed by atoms with Crippen molar-refractivity contribution in [3.05, 3.63) is 77.2 Å². The summed E-state index contributed by atoms with van der Waals surface area (Å²) < 4.78 is 7.38. The number of aliphatic hydroxyl groups excluding tert-OH is 3. The summed E-state index contributed by atoms with van der Waals surface area (Å²) in [7, 11) is 0. The molecule has 0 spiro atoms. The van der Waals surface area contributed by atoms with Crippen molar-refractivity contribution in [1.82, 2.24) is 44.8 Å². The van der Waals surface area contributed by atoms with Crippen molar-refractivity contribution in [2.24, 2.45) is 0 Å². The highest BCUT2D eigenvalue weighted by Crippen LogP contribution is 2.38. The molecule has 7 heterocycles. The summed E-state index contributed by atoms with van der Waals surface area (Å²) in [6, 6.07) is 8.83. The van der Waals surface area contributed by atoms with Gasteiger partial charge >= 0.3 is 6.03 Å². The van der Waals surface area contributed by atoms with E-state index >= 15 is 0 Å². The molecule has 0 radical (unpaired) electrons. The van der Waals surface area contributed by atoms with Gasteiger partial charge in [-0.15, -0.1) is 0 Å². The topological polar surface area (TPSA) is 223 Å². The predicted octanol–water partition coefficient (Wildman–Crippen LogP) is 3.98. The van der Waals surface area contributed by atoms with E-state index in [9.17, 15) is 24.9 Å². The molecule has 18 heteroatoms. The van der Waals surface area contributed by atoms with Gasteiger partial charge in [-0.1, -0.05) is 18.0 Å². The number of aliphatic hydroxyl groups is 3. The third-order valence-electron chi connectivity index (χ3n) is 12.4. The van der Waals surface area contributed by atoms with Gasteiger partial charge in [0.25, 0.3) is 5.91 Å². The number of aromatic nitrogens is 6. The Bertz CT molecular complexity index is 2340. The van der Waals surface area contributed by atoms with Crippen LogP contribution in [0.1, 0.15) is 96.8 Å².